The van der Waals surface area contributed by atoms with Gasteiger partial charge in [-0.25, -0.2) is 0 Å². The number of carbonyl (C=O) groups excluding carboxylic acids is 3. The van der Waals surface area contributed by atoms with Gasteiger partial charge in [-0.15, -0.1) is 0 Å². The number of rotatable bonds is 11. The Kier molecular flexibility index (Phi) is 10.2. The van der Waals surface area contributed by atoms with E-state index in [-0.39, 0.29) is 23.7 Å². The van der Waals surface area contributed by atoms with E-state index < -0.39 is 6.04 Å². The average Bonchev–Trinajstić information content (AvgIpc) is 2.64. The number of methoxy groups -OCH3 is 1. The molecule has 6 nitrogen and oxygen atoms in total. The first kappa shape index (κ1) is 22.7. The van der Waals surface area contributed by atoms with E-state index in [2.05, 4.69) is 15.4 Å². The highest BCUT2D eigenvalue weighted by molar-refractivity contribution is 5.98. The molecule has 0 bridgehead atoms. The molecule has 1 unspecified atom stereocenters. The first-order chi connectivity index (χ1) is 12.9. The number of carbonyl (C=O) groups is 3. The van der Waals surface area contributed by atoms with Crippen LogP contribution in [-0.2, 0) is 14.3 Å². The topological polar surface area (TPSA) is 84.5 Å². The highest BCUT2D eigenvalue weighted by Crippen LogP contribution is 2.09. The largest absolute Gasteiger partial charge is 0.469 e. The summed E-state index contributed by atoms with van der Waals surface area (Å²) in [4.78, 5) is 36.0. The maximum Gasteiger partial charge on any atom is 0.305 e. The minimum absolute atomic E-state index is 0.0157. The molecule has 0 aromatic heterocycles. The zero-order chi connectivity index (χ0) is 20.2. The lowest BCUT2D eigenvalue weighted by Gasteiger charge is -2.22. The molecule has 1 rings (SSSR count). The van der Waals surface area contributed by atoms with Crippen molar-refractivity contribution in [3.63, 3.8) is 0 Å². The van der Waals surface area contributed by atoms with Crippen molar-refractivity contribution >= 4 is 17.8 Å². The van der Waals surface area contributed by atoms with Crippen LogP contribution in [0.1, 0.15) is 61.9 Å². The lowest BCUT2D eigenvalue weighted by molar-refractivity contribution is -0.140. The van der Waals surface area contributed by atoms with Crippen LogP contribution < -0.4 is 10.6 Å². The van der Waals surface area contributed by atoms with E-state index in [9.17, 15) is 14.4 Å². The number of unbranched alkanes of at least 4 members (excludes halogenated alkanes) is 3. The Morgan fingerprint density at radius 3 is 2.33 bits per heavy atom. The molecule has 1 aromatic rings. The number of hydrogen-bond acceptors (Lipinski definition) is 4. The Labute approximate surface area is 162 Å². The van der Waals surface area contributed by atoms with E-state index in [0.717, 1.165) is 31.2 Å². The monoisotopic (exact) mass is 376 g/mol. The molecule has 0 aliphatic carbocycles. The van der Waals surface area contributed by atoms with E-state index >= 15 is 0 Å². The molecule has 1 aromatic carbocycles. The SMILES string of the molecule is COC(=O)CCCCCCNC(=O)C(NC(=O)c1ccccc1C)C(C)C. The summed E-state index contributed by atoms with van der Waals surface area (Å²) in [7, 11) is 1.39. The summed E-state index contributed by atoms with van der Waals surface area (Å²) < 4.78 is 4.60. The van der Waals surface area contributed by atoms with Gasteiger partial charge >= 0.3 is 5.97 Å². The number of aryl methyl sites for hydroxylation is 1. The van der Waals surface area contributed by atoms with Gasteiger partial charge in [-0.3, -0.25) is 14.4 Å². The molecule has 0 fully saturated rings. The van der Waals surface area contributed by atoms with E-state index in [1.54, 1.807) is 6.07 Å². The molecule has 2 N–H and O–H groups in total. The van der Waals surface area contributed by atoms with Gasteiger partial charge in [0.2, 0.25) is 5.91 Å². The van der Waals surface area contributed by atoms with Gasteiger partial charge in [0.15, 0.2) is 0 Å². The van der Waals surface area contributed by atoms with Crippen LogP contribution in [0.3, 0.4) is 0 Å². The van der Waals surface area contributed by atoms with Crippen LogP contribution in [0, 0.1) is 12.8 Å². The quantitative estimate of drug-likeness (QED) is 0.459. The fourth-order valence-corrected chi connectivity index (χ4v) is 2.75. The summed E-state index contributed by atoms with van der Waals surface area (Å²) in [5.74, 6) is -0.600. The van der Waals surface area contributed by atoms with Gasteiger partial charge in [-0.2, -0.15) is 0 Å². The van der Waals surface area contributed by atoms with Crippen LogP contribution in [0.25, 0.3) is 0 Å². The van der Waals surface area contributed by atoms with Crippen LogP contribution >= 0.6 is 0 Å². The molecule has 150 valence electrons. The summed E-state index contributed by atoms with van der Waals surface area (Å²) in [6.07, 6.45) is 3.91. The van der Waals surface area contributed by atoms with E-state index in [4.69, 9.17) is 0 Å². The summed E-state index contributed by atoms with van der Waals surface area (Å²) in [6.45, 7) is 6.25. The molecule has 6 heteroatoms. The minimum Gasteiger partial charge on any atom is -0.469 e. The Hall–Kier alpha value is -2.37. The Balaban J connectivity index is 2.40. The van der Waals surface area contributed by atoms with Crippen LogP contribution in [0.5, 0.6) is 0 Å². The van der Waals surface area contributed by atoms with Crippen molar-refractivity contribution in [2.45, 2.75) is 58.9 Å². The molecule has 0 saturated carbocycles. The zero-order valence-electron chi connectivity index (χ0n) is 16.8. The molecule has 0 saturated heterocycles. The summed E-state index contributed by atoms with van der Waals surface area (Å²) >= 11 is 0. The molecular formula is C21H32N2O4. The lowest BCUT2D eigenvalue weighted by Crippen LogP contribution is -2.50. The molecule has 0 heterocycles. The number of amides is 2. The predicted molar refractivity (Wildman–Crippen MR) is 105 cm³/mol. The van der Waals surface area contributed by atoms with Crippen molar-refractivity contribution in [1.29, 1.82) is 0 Å². The second-order valence-corrected chi connectivity index (χ2v) is 7.04. The normalized spacial score (nSPS) is 11.7. The highest BCUT2D eigenvalue weighted by atomic mass is 16.5. The van der Waals surface area contributed by atoms with Gasteiger partial charge in [0.25, 0.3) is 5.91 Å². The standard InChI is InChI=1S/C21H32N2O4/c1-15(2)19(23-20(25)17-12-9-8-11-16(17)3)21(26)22-14-10-6-5-7-13-18(24)27-4/h8-9,11-12,15,19H,5-7,10,13-14H2,1-4H3,(H,22,26)(H,23,25). The summed E-state index contributed by atoms with van der Waals surface area (Å²) in [5, 5.41) is 5.75. The molecule has 0 radical (unpaired) electrons. The van der Waals surface area contributed by atoms with E-state index in [1.165, 1.54) is 7.11 Å². The fourth-order valence-electron chi connectivity index (χ4n) is 2.75. The van der Waals surface area contributed by atoms with Gasteiger partial charge in [-0.1, -0.05) is 44.9 Å². The second kappa shape index (κ2) is 12.1. The molecule has 1 atom stereocenters. The van der Waals surface area contributed by atoms with Crippen molar-refractivity contribution in [2.75, 3.05) is 13.7 Å². The number of ether oxygens (including phenoxy) is 1. The maximum absolute atomic E-state index is 12.5. The predicted octanol–water partition coefficient (Wildman–Crippen LogP) is 2.99. The number of nitrogens with one attached hydrogen (secondary N) is 2. The van der Waals surface area contributed by atoms with E-state index in [1.807, 2.05) is 39.0 Å². The minimum atomic E-state index is -0.573. The van der Waals surface area contributed by atoms with Crippen molar-refractivity contribution < 1.29 is 19.1 Å². The lowest BCUT2D eigenvalue weighted by atomic mass is 10.0. The molecule has 2 amide bonds. The van der Waals surface area contributed by atoms with Crippen LogP contribution in [-0.4, -0.2) is 37.5 Å². The second-order valence-electron chi connectivity index (χ2n) is 7.04. The van der Waals surface area contributed by atoms with Crippen LogP contribution in [0.4, 0.5) is 0 Å². The van der Waals surface area contributed by atoms with E-state index in [0.29, 0.717) is 18.5 Å². The molecule has 0 spiro atoms. The fraction of sp³-hybridized carbons (Fsp3) is 0.571. The smallest absolute Gasteiger partial charge is 0.305 e. The third-order valence-corrected chi connectivity index (χ3v) is 4.46. The van der Waals surface area contributed by atoms with Crippen LogP contribution in [0.2, 0.25) is 0 Å². The van der Waals surface area contributed by atoms with Crippen LogP contribution in [0.15, 0.2) is 24.3 Å². The maximum atomic E-state index is 12.5. The van der Waals surface area contributed by atoms with Gasteiger partial charge in [-0.05, 0) is 37.3 Å². The van der Waals surface area contributed by atoms with Gasteiger partial charge in [0.1, 0.15) is 6.04 Å². The Morgan fingerprint density at radius 1 is 1.04 bits per heavy atom. The van der Waals surface area contributed by atoms with Gasteiger partial charge < -0.3 is 15.4 Å². The molecule has 0 aliphatic heterocycles. The zero-order valence-corrected chi connectivity index (χ0v) is 16.8. The van der Waals surface area contributed by atoms with Crippen molar-refractivity contribution in [3.8, 4) is 0 Å². The summed E-state index contributed by atoms with van der Waals surface area (Å²) in [5.41, 5.74) is 1.46. The molecular weight excluding hydrogens is 344 g/mol. The third kappa shape index (κ3) is 8.24. The van der Waals surface area contributed by atoms with Gasteiger partial charge in [0.05, 0.1) is 7.11 Å². The number of esters is 1. The first-order valence-electron chi connectivity index (χ1n) is 9.57. The van der Waals surface area contributed by atoms with Crippen molar-refractivity contribution in [2.24, 2.45) is 5.92 Å². The summed E-state index contributed by atoms with van der Waals surface area (Å²) in [6, 6.07) is 6.75. The molecule has 27 heavy (non-hydrogen) atoms. The highest BCUT2D eigenvalue weighted by Gasteiger charge is 2.24. The van der Waals surface area contributed by atoms with Gasteiger partial charge in [0, 0.05) is 18.5 Å². The third-order valence-electron chi connectivity index (χ3n) is 4.46. The molecule has 0 aliphatic rings. The first-order valence-corrected chi connectivity index (χ1v) is 9.57. The number of benzene rings is 1. The van der Waals surface area contributed by atoms with Crippen molar-refractivity contribution in [3.05, 3.63) is 35.4 Å². The van der Waals surface area contributed by atoms with Crippen molar-refractivity contribution in [1.82, 2.24) is 10.6 Å². The average molecular weight is 376 g/mol. The Bertz CT molecular complexity index is 628. The number of hydrogen-bond donors (Lipinski definition) is 2. The Morgan fingerprint density at radius 2 is 1.70 bits per heavy atom.